The van der Waals surface area contributed by atoms with Crippen molar-refractivity contribution in [2.24, 2.45) is 0 Å². The third-order valence-electron chi connectivity index (χ3n) is 3.42. The van der Waals surface area contributed by atoms with Gasteiger partial charge in [0.1, 0.15) is 17.2 Å². The first-order valence-electron chi connectivity index (χ1n) is 6.23. The smallest absolute Gasteiger partial charge is 0.137 e. The van der Waals surface area contributed by atoms with Crippen molar-refractivity contribution in [2.75, 3.05) is 6.54 Å². The Morgan fingerprint density at radius 3 is 3.06 bits per heavy atom. The number of hydrogen-bond donors (Lipinski definition) is 1. The van der Waals surface area contributed by atoms with Crippen molar-refractivity contribution in [3.8, 4) is 0 Å². The standard InChI is InChI=1S/C14H16FNO/c15-13-5-3-6-14-12(13)9-11(17-14)8-10-4-1-2-7-16-10/h3,5-6,9-10,16H,1-2,4,7-8H2/t10-/m0/s1. The third kappa shape index (κ3) is 2.20. The van der Waals surface area contributed by atoms with Gasteiger partial charge in [-0.2, -0.15) is 0 Å². The van der Waals surface area contributed by atoms with Crippen molar-refractivity contribution >= 4 is 11.0 Å². The first-order chi connectivity index (χ1) is 8.33. The van der Waals surface area contributed by atoms with E-state index in [9.17, 15) is 4.39 Å². The second-order valence-corrected chi connectivity index (χ2v) is 4.72. The molecule has 90 valence electrons. The van der Waals surface area contributed by atoms with Crippen molar-refractivity contribution in [3.63, 3.8) is 0 Å². The molecule has 0 radical (unpaired) electrons. The Bertz CT molecular complexity index is 514. The molecule has 1 aromatic heterocycles. The van der Waals surface area contributed by atoms with E-state index in [2.05, 4.69) is 5.32 Å². The number of rotatable bonds is 2. The summed E-state index contributed by atoms with van der Waals surface area (Å²) in [4.78, 5) is 0. The molecule has 0 saturated carbocycles. The molecule has 1 aliphatic rings. The summed E-state index contributed by atoms with van der Waals surface area (Å²) < 4.78 is 19.2. The van der Waals surface area contributed by atoms with Crippen molar-refractivity contribution in [1.82, 2.24) is 5.32 Å². The Hall–Kier alpha value is -1.35. The van der Waals surface area contributed by atoms with Gasteiger partial charge in [-0.15, -0.1) is 0 Å². The SMILES string of the molecule is Fc1cccc2oc(C[C@@H]3CCCCN3)cc12. The highest BCUT2D eigenvalue weighted by Crippen LogP contribution is 2.23. The molecule has 0 amide bonds. The van der Waals surface area contributed by atoms with E-state index in [-0.39, 0.29) is 5.82 Å². The van der Waals surface area contributed by atoms with Crippen molar-refractivity contribution in [2.45, 2.75) is 31.7 Å². The van der Waals surface area contributed by atoms with E-state index in [0.29, 0.717) is 17.0 Å². The van der Waals surface area contributed by atoms with Gasteiger partial charge in [-0.25, -0.2) is 4.39 Å². The average Bonchev–Trinajstić information content (AvgIpc) is 2.74. The number of fused-ring (bicyclic) bond motifs is 1. The largest absolute Gasteiger partial charge is 0.461 e. The van der Waals surface area contributed by atoms with Crippen LogP contribution < -0.4 is 5.32 Å². The van der Waals surface area contributed by atoms with E-state index in [0.717, 1.165) is 18.7 Å². The minimum atomic E-state index is -0.200. The summed E-state index contributed by atoms with van der Waals surface area (Å²) in [5.41, 5.74) is 0.649. The maximum absolute atomic E-state index is 13.5. The molecule has 1 fully saturated rings. The molecule has 3 rings (SSSR count). The quantitative estimate of drug-likeness (QED) is 0.861. The molecular weight excluding hydrogens is 217 g/mol. The van der Waals surface area contributed by atoms with Gasteiger partial charge in [0.15, 0.2) is 0 Å². The van der Waals surface area contributed by atoms with Gasteiger partial charge in [0, 0.05) is 12.5 Å². The number of hydrogen-bond acceptors (Lipinski definition) is 2. The van der Waals surface area contributed by atoms with Crippen LogP contribution >= 0.6 is 0 Å². The van der Waals surface area contributed by atoms with Crippen molar-refractivity contribution in [1.29, 1.82) is 0 Å². The van der Waals surface area contributed by atoms with E-state index in [1.54, 1.807) is 6.07 Å². The van der Waals surface area contributed by atoms with Gasteiger partial charge in [0.2, 0.25) is 0 Å². The van der Waals surface area contributed by atoms with E-state index in [4.69, 9.17) is 4.42 Å². The summed E-state index contributed by atoms with van der Waals surface area (Å²) in [6, 6.07) is 7.29. The summed E-state index contributed by atoms with van der Waals surface area (Å²) in [5.74, 6) is 0.679. The summed E-state index contributed by atoms with van der Waals surface area (Å²) >= 11 is 0. The highest BCUT2D eigenvalue weighted by molar-refractivity contribution is 5.78. The average molecular weight is 233 g/mol. The maximum Gasteiger partial charge on any atom is 0.137 e. The summed E-state index contributed by atoms with van der Waals surface area (Å²) in [5, 5.41) is 4.07. The van der Waals surface area contributed by atoms with Gasteiger partial charge < -0.3 is 9.73 Å². The molecule has 1 atom stereocenters. The van der Waals surface area contributed by atoms with Crippen LogP contribution in [0.2, 0.25) is 0 Å². The Morgan fingerprint density at radius 2 is 2.29 bits per heavy atom. The monoisotopic (exact) mass is 233 g/mol. The van der Waals surface area contributed by atoms with Gasteiger partial charge in [-0.1, -0.05) is 12.5 Å². The van der Waals surface area contributed by atoms with Crippen LogP contribution in [0.1, 0.15) is 25.0 Å². The number of nitrogens with one attached hydrogen (secondary N) is 1. The van der Waals surface area contributed by atoms with Gasteiger partial charge in [-0.3, -0.25) is 0 Å². The lowest BCUT2D eigenvalue weighted by Crippen LogP contribution is -2.35. The Morgan fingerprint density at radius 1 is 1.35 bits per heavy atom. The first-order valence-corrected chi connectivity index (χ1v) is 6.23. The van der Waals surface area contributed by atoms with Crippen LogP contribution in [-0.2, 0) is 6.42 Å². The van der Waals surface area contributed by atoms with Crippen LogP contribution in [0, 0.1) is 5.82 Å². The molecule has 1 aromatic carbocycles. The van der Waals surface area contributed by atoms with Crippen LogP contribution in [0.15, 0.2) is 28.7 Å². The molecule has 17 heavy (non-hydrogen) atoms. The molecule has 2 nitrogen and oxygen atoms in total. The Labute approximate surface area is 99.8 Å². The lowest BCUT2D eigenvalue weighted by atomic mass is 10.0. The number of halogens is 1. The molecule has 1 aliphatic heterocycles. The molecule has 0 unspecified atom stereocenters. The molecule has 2 aromatic rings. The molecule has 2 heterocycles. The summed E-state index contributed by atoms with van der Waals surface area (Å²) in [7, 11) is 0. The molecule has 0 bridgehead atoms. The lowest BCUT2D eigenvalue weighted by molar-refractivity contribution is 0.378. The predicted molar refractivity (Wildman–Crippen MR) is 65.5 cm³/mol. The molecule has 0 aliphatic carbocycles. The maximum atomic E-state index is 13.5. The van der Waals surface area contributed by atoms with E-state index in [1.807, 2.05) is 12.1 Å². The third-order valence-corrected chi connectivity index (χ3v) is 3.42. The van der Waals surface area contributed by atoms with Crippen LogP contribution in [0.3, 0.4) is 0 Å². The van der Waals surface area contributed by atoms with Gasteiger partial charge in [0.25, 0.3) is 0 Å². The Balaban J connectivity index is 1.83. The van der Waals surface area contributed by atoms with Gasteiger partial charge in [0.05, 0.1) is 5.39 Å². The van der Waals surface area contributed by atoms with Crippen molar-refractivity contribution in [3.05, 3.63) is 35.8 Å². The topological polar surface area (TPSA) is 25.2 Å². The highest BCUT2D eigenvalue weighted by atomic mass is 19.1. The molecule has 0 spiro atoms. The highest BCUT2D eigenvalue weighted by Gasteiger charge is 2.16. The zero-order valence-corrected chi connectivity index (χ0v) is 9.71. The minimum absolute atomic E-state index is 0.200. The normalized spacial score (nSPS) is 20.9. The van der Waals surface area contributed by atoms with Crippen molar-refractivity contribution < 1.29 is 8.81 Å². The van der Waals surface area contributed by atoms with E-state index < -0.39 is 0 Å². The molecule has 3 heteroatoms. The summed E-state index contributed by atoms with van der Waals surface area (Å²) in [6.07, 6.45) is 4.56. The van der Waals surface area contributed by atoms with E-state index >= 15 is 0 Å². The van der Waals surface area contributed by atoms with Crippen LogP contribution in [-0.4, -0.2) is 12.6 Å². The van der Waals surface area contributed by atoms with Crippen LogP contribution in [0.25, 0.3) is 11.0 Å². The number of benzene rings is 1. The Kier molecular flexibility index (Phi) is 2.85. The fourth-order valence-corrected chi connectivity index (χ4v) is 2.52. The lowest BCUT2D eigenvalue weighted by Gasteiger charge is -2.22. The number of furan rings is 1. The molecule has 1 saturated heterocycles. The fraction of sp³-hybridized carbons (Fsp3) is 0.429. The fourth-order valence-electron chi connectivity index (χ4n) is 2.52. The second kappa shape index (κ2) is 4.49. The first kappa shape index (κ1) is 10.8. The summed E-state index contributed by atoms with van der Waals surface area (Å²) in [6.45, 7) is 1.08. The van der Waals surface area contributed by atoms with E-state index in [1.165, 1.54) is 25.3 Å². The zero-order valence-electron chi connectivity index (χ0n) is 9.71. The molecular formula is C14H16FNO. The zero-order chi connectivity index (χ0) is 11.7. The molecule has 1 N–H and O–H groups in total. The van der Waals surface area contributed by atoms with Gasteiger partial charge >= 0.3 is 0 Å². The van der Waals surface area contributed by atoms with Crippen LogP contribution in [0.5, 0.6) is 0 Å². The van der Waals surface area contributed by atoms with Gasteiger partial charge in [-0.05, 0) is 37.6 Å². The predicted octanol–water partition coefficient (Wildman–Crippen LogP) is 3.26. The number of piperidine rings is 1. The minimum Gasteiger partial charge on any atom is -0.461 e. The second-order valence-electron chi connectivity index (χ2n) is 4.72. The van der Waals surface area contributed by atoms with Crippen LogP contribution in [0.4, 0.5) is 4.39 Å².